The first kappa shape index (κ1) is 21.4. The van der Waals surface area contributed by atoms with Crippen LogP contribution in [-0.2, 0) is 22.6 Å². The first-order valence-corrected chi connectivity index (χ1v) is 9.06. The SMILES string of the molecule is CCn1cc(C(=O)O)c(=O)c2cc(COCCNC(=O)OC(C)(C)C)ccc21. The first-order chi connectivity index (χ1) is 13.1. The van der Waals surface area contributed by atoms with Gasteiger partial charge in [-0.25, -0.2) is 9.59 Å². The lowest BCUT2D eigenvalue weighted by Crippen LogP contribution is -2.34. The number of aromatic carboxylic acids is 1. The van der Waals surface area contributed by atoms with Crippen molar-refractivity contribution in [2.45, 2.75) is 46.4 Å². The van der Waals surface area contributed by atoms with E-state index in [4.69, 9.17) is 9.47 Å². The van der Waals surface area contributed by atoms with Crippen LogP contribution in [0.25, 0.3) is 10.9 Å². The number of carbonyl (C=O) groups is 2. The van der Waals surface area contributed by atoms with Crippen molar-refractivity contribution in [2.75, 3.05) is 13.2 Å². The fourth-order valence-corrected chi connectivity index (χ4v) is 2.68. The van der Waals surface area contributed by atoms with E-state index in [-0.39, 0.29) is 25.3 Å². The molecule has 1 aromatic heterocycles. The zero-order valence-electron chi connectivity index (χ0n) is 16.6. The van der Waals surface area contributed by atoms with Gasteiger partial charge in [-0.3, -0.25) is 4.79 Å². The van der Waals surface area contributed by atoms with Crippen molar-refractivity contribution < 1.29 is 24.2 Å². The van der Waals surface area contributed by atoms with E-state index < -0.39 is 23.1 Å². The van der Waals surface area contributed by atoms with Gasteiger partial charge in [0.1, 0.15) is 11.2 Å². The molecule has 1 heterocycles. The van der Waals surface area contributed by atoms with Gasteiger partial charge in [0.15, 0.2) is 0 Å². The first-order valence-electron chi connectivity index (χ1n) is 9.06. The molecule has 28 heavy (non-hydrogen) atoms. The Balaban J connectivity index is 2.02. The third-order valence-electron chi connectivity index (χ3n) is 3.90. The average molecular weight is 390 g/mol. The van der Waals surface area contributed by atoms with Crippen LogP contribution in [0.15, 0.2) is 29.2 Å². The van der Waals surface area contributed by atoms with Crippen LogP contribution in [0.2, 0.25) is 0 Å². The molecule has 2 aromatic rings. The summed E-state index contributed by atoms with van der Waals surface area (Å²) in [7, 11) is 0. The molecule has 0 radical (unpaired) electrons. The predicted octanol–water partition coefficient (Wildman–Crippen LogP) is 2.76. The number of benzene rings is 1. The maximum Gasteiger partial charge on any atom is 0.407 e. The second-order valence-electron chi connectivity index (χ2n) is 7.30. The highest BCUT2D eigenvalue weighted by Gasteiger charge is 2.16. The summed E-state index contributed by atoms with van der Waals surface area (Å²) in [6.07, 6.45) is 0.856. The third-order valence-corrected chi connectivity index (χ3v) is 3.90. The molecule has 0 saturated carbocycles. The molecule has 0 bridgehead atoms. The highest BCUT2D eigenvalue weighted by molar-refractivity contribution is 5.92. The zero-order valence-corrected chi connectivity index (χ0v) is 16.6. The number of pyridine rings is 1. The summed E-state index contributed by atoms with van der Waals surface area (Å²) in [5.74, 6) is -1.25. The molecule has 0 aliphatic heterocycles. The minimum Gasteiger partial charge on any atom is -0.477 e. The molecule has 0 fully saturated rings. The van der Waals surface area contributed by atoms with Crippen LogP contribution in [0.3, 0.4) is 0 Å². The standard InChI is InChI=1S/C20H26N2O6/c1-5-22-11-15(18(24)25)17(23)14-10-13(6-7-16(14)22)12-27-9-8-21-19(26)28-20(2,3)4/h6-7,10-11H,5,8-9,12H2,1-4H3,(H,21,26)(H,24,25). The second-order valence-corrected chi connectivity index (χ2v) is 7.30. The number of ether oxygens (including phenoxy) is 2. The Bertz CT molecular complexity index is 927. The summed E-state index contributed by atoms with van der Waals surface area (Å²) in [4.78, 5) is 35.3. The van der Waals surface area contributed by atoms with Gasteiger partial charge < -0.3 is 24.5 Å². The van der Waals surface area contributed by atoms with Crippen molar-refractivity contribution in [3.05, 3.63) is 45.7 Å². The molecule has 0 aliphatic rings. The topological polar surface area (TPSA) is 107 Å². The molecule has 152 valence electrons. The van der Waals surface area contributed by atoms with E-state index >= 15 is 0 Å². The molecule has 8 nitrogen and oxygen atoms in total. The number of hydrogen-bond donors (Lipinski definition) is 2. The number of aryl methyl sites for hydroxylation is 1. The molecule has 1 aromatic carbocycles. The Labute approximate surface area is 163 Å². The molecular formula is C20H26N2O6. The number of carboxylic acids is 1. The summed E-state index contributed by atoms with van der Waals surface area (Å²) in [5.41, 5.74) is 0.0884. The largest absolute Gasteiger partial charge is 0.477 e. The Morgan fingerprint density at radius 2 is 1.96 bits per heavy atom. The van der Waals surface area contributed by atoms with Crippen molar-refractivity contribution in [3.63, 3.8) is 0 Å². The van der Waals surface area contributed by atoms with E-state index in [0.717, 1.165) is 5.56 Å². The fraction of sp³-hybridized carbons (Fsp3) is 0.450. The van der Waals surface area contributed by atoms with E-state index in [2.05, 4.69) is 5.32 Å². The highest BCUT2D eigenvalue weighted by atomic mass is 16.6. The number of rotatable bonds is 7. The number of fused-ring (bicyclic) bond motifs is 1. The van der Waals surface area contributed by atoms with Gasteiger partial charge in [-0.05, 0) is 45.4 Å². The van der Waals surface area contributed by atoms with Crippen LogP contribution in [-0.4, -0.2) is 40.5 Å². The molecule has 2 N–H and O–H groups in total. The summed E-state index contributed by atoms with van der Waals surface area (Å²) in [6, 6.07) is 5.26. The number of aromatic nitrogens is 1. The lowest BCUT2D eigenvalue weighted by atomic mass is 10.1. The van der Waals surface area contributed by atoms with Gasteiger partial charge in [0, 0.05) is 24.7 Å². The number of nitrogens with zero attached hydrogens (tertiary/aromatic N) is 1. The summed E-state index contributed by atoms with van der Waals surface area (Å²) in [6.45, 7) is 8.56. The van der Waals surface area contributed by atoms with Gasteiger partial charge in [-0.2, -0.15) is 0 Å². The van der Waals surface area contributed by atoms with Crippen LogP contribution >= 0.6 is 0 Å². The van der Waals surface area contributed by atoms with Gasteiger partial charge in [-0.15, -0.1) is 0 Å². The van der Waals surface area contributed by atoms with Crippen molar-refractivity contribution >= 4 is 23.0 Å². The Kier molecular flexibility index (Phi) is 6.80. The molecule has 8 heteroatoms. The average Bonchev–Trinajstić information content (AvgIpc) is 2.60. The van der Waals surface area contributed by atoms with Crippen molar-refractivity contribution in [2.24, 2.45) is 0 Å². The maximum absolute atomic E-state index is 12.5. The van der Waals surface area contributed by atoms with E-state index in [1.165, 1.54) is 6.20 Å². The zero-order chi connectivity index (χ0) is 20.9. The Morgan fingerprint density at radius 1 is 1.25 bits per heavy atom. The normalized spacial score (nSPS) is 11.4. The molecule has 0 atom stereocenters. The Hall–Kier alpha value is -2.87. The molecule has 0 aliphatic carbocycles. The van der Waals surface area contributed by atoms with Crippen LogP contribution < -0.4 is 10.7 Å². The molecular weight excluding hydrogens is 364 g/mol. The van der Waals surface area contributed by atoms with E-state index in [0.29, 0.717) is 17.4 Å². The molecule has 0 unspecified atom stereocenters. The second kappa shape index (κ2) is 8.88. The minimum atomic E-state index is -1.25. The quantitative estimate of drug-likeness (QED) is 0.704. The highest BCUT2D eigenvalue weighted by Crippen LogP contribution is 2.15. The van der Waals surface area contributed by atoms with Gasteiger partial charge in [-0.1, -0.05) is 6.07 Å². The Morgan fingerprint density at radius 3 is 2.57 bits per heavy atom. The van der Waals surface area contributed by atoms with Crippen molar-refractivity contribution in [1.29, 1.82) is 0 Å². The summed E-state index contributed by atoms with van der Waals surface area (Å²) < 4.78 is 12.4. The van der Waals surface area contributed by atoms with Crippen molar-refractivity contribution in [1.82, 2.24) is 9.88 Å². The third kappa shape index (κ3) is 5.56. The smallest absolute Gasteiger partial charge is 0.407 e. The molecule has 2 rings (SSSR count). The summed E-state index contributed by atoms with van der Waals surface area (Å²) >= 11 is 0. The van der Waals surface area contributed by atoms with Crippen LogP contribution in [0.4, 0.5) is 4.79 Å². The number of carbonyl (C=O) groups excluding carboxylic acids is 1. The van der Waals surface area contributed by atoms with Crippen molar-refractivity contribution in [3.8, 4) is 0 Å². The number of amides is 1. The molecule has 0 spiro atoms. The number of nitrogens with one attached hydrogen (secondary N) is 1. The van der Waals surface area contributed by atoms with Gasteiger partial charge in [0.05, 0.1) is 18.7 Å². The summed E-state index contributed by atoms with van der Waals surface area (Å²) in [5, 5.41) is 12.2. The van der Waals surface area contributed by atoms with Crippen LogP contribution in [0, 0.1) is 0 Å². The van der Waals surface area contributed by atoms with E-state index in [9.17, 15) is 19.5 Å². The van der Waals surface area contributed by atoms with Gasteiger partial charge in [0.25, 0.3) is 0 Å². The number of alkyl carbamates (subject to hydrolysis) is 1. The van der Waals surface area contributed by atoms with Crippen LogP contribution in [0.1, 0.15) is 43.6 Å². The molecule has 1 amide bonds. The lowest BCUT2D eigenvalue weighted by Gasteiger charge is -2.19. The van der Waals surface area contributed by atoms with E-state index in [1.54, 1.807) is 37.5 Å². The predicted molar refractivity (Wildman–Crippen MR) is 105 cm³/mol. The van der Waals surface area contributed by atoms with Crippen LogP contribution in [0.5, 0.6) is 0 Å². The fourth-order valence-electron chi connectivity index (χ4n) is 2.68. The number of carboxylic acid groups (broad SMARTS) is 1. The van der Waals surface area contributed by atoms with Gasteiger partial charge >= 0.3 is 12.1 Å². The maximum atomic E-state index is 12.5. The monoisotopic (exact) mass is 390 g/mol. The van der Waals surface area contributed by atoms with Gasteiger partial charge in [0.2, 0.25) is 5.43 Å². The van der Waals surface area contributed by atoms with E-state index in [1.807, 2.05) is 13.0 Å². The lowest BCUT2D eigenvalue weighted by molar-refractivity contribution is 0.0493. The number of hydrogen-bond acceptors (Lipinski definition) is 5. The minimum absolute atomic E-state index is 0.231. The molecule has 0 saturated heterocycles.